The van der Waals surface area contributed by atoms with Gasteiger partial charge < -0.3 is 4.74 Å². The summed E-state index contributed by atoms with van der Waals surface area (Å²) in [5.41, 5.74) is 3.07. The van der Waals surface area contributed by atoms with Gasteiger partial charge in [0.25, 0.3) is 0 Å². The number of aryl methyl sites for hydroxylation is 1. The van der Waals surface area contributed by atoms with Gasteiger partial charge in [0, 0.05) is 21.1 Å². The molecule has 0 unspecified atom stereocenters. The van der Waals surface area contributed by atoms with Gasteiger partial charge in [0.2, 0.25) is 0 Å². The second-order valence-electron chi connectivity index (χ2n) is 4.80. The molecular formula is C17H13BrClNO. The molecule has 21 heavy (non-hydrogen) atoms. The highest BCUT2D eigenvalue weighted by molar-refractivity contribution is 9.10. The predicted molar refractivity (Wildman–Crippen MR) is 90.0 cm³/mol. The highest BCUT2D eigenvalue weighted by atomic mass is 79.9. The summed E-state index contributed by atoms with van der Waals surface area (Å²) in [6, 6.07) is 15.7. The van der Waals surface area contributed by atoms with E-state index in [1.165, 1.54) is 0 Å². The second-order valence-corrected chi connectivity index (χ2v) is 6.13. The van der Waals surface area contributed by atoms with Gasteiger partial charge in [0.15, 0.2) is 0 Å². The van der Waals surface area contributed by atoms with Crippen molar-refractivity contribution >= 4 is 38.4 Å². The summed E-state index contributed by atoms with van der Waals surface area (Å²) >= 11 is 9.58. The van der Waals surface area contributed by atoms with Crippen LogP contribution in [0.5, 0.6) is 5.75 Å². The maximum Gasteiger partial charge on any atom is 0.139 e. The number of pyridine rings is 1. The van der Waals surface area contributed by atoms with E-state index in [0.717, 1.165) is 26.6 Å². The van der Waals surface area contributed by atoms with Gasteiger partial charge in [-0.3, -0.25) is 4.98 Å². The van der Waals surface area contributed by atoms with Crippen molar-refractivity contribution in [1.29, 1.82) is 0 Å². The third kappa shape index (κ3) is 3.20. The summed E-state index contributed by atoms with van der Waals surface area (Å²) in [5, 5.41) is 1.71. The lowest BCUT2D eigenvalue weighted by Crippen LogP contribution is -1.99. The van der Waals surface area contributed by atoms with E-state index in [9.17, 15) is 0 Å². The van der Waals surface area contributed by atoms with Crippen molar-refractivity contribution in [2.24, 2.45) is 0 Å². The monoisotopic (exact) mass is 361 g/mol. The number of rotatable bonds is 3. The maximum absolute atomic E-state index is 6.15. The van der Waals surface area contributed by atoms with Gasteiger partial charge in [-0.1, -0.05) is 45.7 Å². The van der Waals surface area contributed by atoms with Gasteiger partial charge >= 0.3 is 0 Å². The number of nitrogens with zero attached hydrogens (tertiary/aromatic N) is 1. The SMILES string of the molecule is Cc1cc(COc2cc(Br)ccc2Cl)c2ccccc2n1. The molecule has 0 aliphatic carbocycles. The Morgan fingerprint density at radius 1 is 1.14 bits per heavy atom. The first-order chi connectivity index (χ1) is 10.1. The lowest BCUT2D eigenvalue weighted by molar-refractivity contribution is 0.307. The molecule has 3 aromatic rings. The zero-order valence-corrected chi connectivity index (χ0v) is 13.8. The molecule has 4 heteroatoms. The van der Waals surface area contributed by atoms with E-state index in [0.29, 0.717) is 17.4 Å². The first kappa shape index (κ1) is 14.4. The highest BCUT2D eigenvalue weighted by Gasteiger charge is 2.07. The average molecular weight is 363 g/mol. The van der Waals surface area contributed by atoms with E-state index in [1.807, 2.05) is 49.4 Å². The molecule has 0 radical (unpaired) electrons. The summed E-state index contributed by atoms with van der Waals surface area (Å²) in [4.78, 5) is 4.53. The summed E-state index contributed by atoms with van der Waals surface area (Å²) in [6.45, 7) is 2.45. The minimum atomic E-state index is 0.458. The fourth-order valence-electron chi connectivity index (χ4n) is 2.26. The molecule has 0 amide bonds. The molecule has 0 atom stereocenters. The van der Waals surface area contributed by atoms with E-state index in [-0.39, 0.29) is 0 Å². The minimum Gasteiger partial charge on any atom is -0.487 e. The zero-order valence-electron chi connectivity index (χ0n) is 11.4. The zero-order chi connectivity index (χ0) is 14.8. The molecule has 0 aliphatic heterocycles. The lowest BCUT2D eigenvalue weighted by atomic mass is 10.1. The molecule has 106 valence electrons. The van der Waals surface area contributed by atoms with Gasteiger partial charge in [-0.25, -0.2) is 0 Å². The van der Waals surface area contributed by atoms with Crippen molar-refractivity contribution < 1.29 is 4.74 Å². The molecule has 1 heterocycles. The number of hydrogen-bond acceptors (Lipinski definition) is 2. The van der Waals surface area contributed by atoms with Crippen LogP contribution in [0.4, 0.5) is 0 Å². The quantitative estimate of drug-likeness (QED) is 0.610. The molecule has 0 saturated heterocycles. The number of para-hydroxylation sites is 1. The summed E-state index contributed by atoms with van der Waals surface area (Å²) in [5.74, 6) is 0.671. The third-order valence-corrected chi connectivity index (χ3v) is 4.01. The Balaban J connectivity index is 1.93. The van der Waals surface area contributed by atoms with E-state index in [1.54, 1.807) is 0 Å². The van der Waals surface area contributed by atoms with Crippen molar-refractivity contribution in [3.05, 3.63) is 69.3 Å². The molecule has 0 aliphatic rings. The Bertz CT molecular complexity index is 804. The van der Waals surface area contributed by atoms with Crippen LogP contribution in [0.1, 0.15) is 11.3 Å². The number of halogens is 2. The first-order valence-corrected chi connectivity index (χ1v) is 7.74. The number of fused-ring (bicyclic) bond motifs is 1. The molecule has 1 aromatic heterocycles. The summed E-state index contributed by atoms with van der Waals surface area (Å²) in [7, 11) is 0. The summed E-state index contributed by atoms with van der Waals surface area (Å²) < 4.78 is 6.82. The van der Waals surface area contributed by atoms with E-state index in [2.05, 4.69) is 27.0 Å². The molecule has 2 nitrogen and oxygen atoms in total. The van der Waals surface area contributed by atoms with Crippen molar-refractivity contribution in [3.63, 3.8) is 0 Å². The largest absolute Gasteiger partial charge is 0.487 e. The Morgan fingerprint density at radius 2 is 1.95 bits per heavy atom. The molecule has 0 fully saturated rings. The smallest absolute Gasteiger partial charge is 0.139 e. The number of hydrogen-bond donors (Lipinski definition) is 0. The highest BCUT2D eigenvalue weighted by Crippen LogP contribution is 2.29. The summed E-state index contributed by atoms with van der Waals surface area (Å²) in [6.07, 6.45) is 0. The van der Waals surface area contributed by atoms with Crippen LogP contribution in [-0.4, -0.2) is 4.98 Å². The van der Waals surface area contributed by atoms with Gasteiger partial charge in [-0.05, 0) is 37.3 Å². The molecule has 3 rings (SSSR count). The molecule has 0 N–H and O–H groups in total. The van der Waals surface area contributed by atoms with Gasteiger partial charge in [-0.15, -0.1) is 0 Å². The van der Waals surface area contributed by atoms with Crippen LogP contribution in [-0.2, 0) is 6.61 Å². The molecule has 2 aromatic carbocycles. The van der Waals surface area contributed by atoms with E-state index < -0.39 is 0 Å². The fourth-order valence-corrected chi connectivity index (χ4v) is 2.77. The van der Waals surface area contributed by atoms with Crippen molar-refractivity contribution in [3.8, 4) is 5.75 Å². The molecular weight excluding hydrogens is 350 g/mol. The minimum absolute atomic E-state index is 0.458. The normalized spacial score (nSPS) is 10.8. The van der Waals surface area contributed by atoms with E-state index >= 15 is 0 Å². The second kappa shape index (κ2) is 6.04. The number of aromatic nitrogens is 1. The third-order valence-electron chi connectivity index (χ3n) is 3.21. The van der Waals surface area contributed by atoms with E-state index in [4.69, 9.17) is 16.3 Å². The van der Waals surface area contributed by atoms with Crippen LogP contribution in [0.15, 0.2) is 53.0 Å². The Morgan fingerprint density at radius 3 is 2.81 bits per heavy atom. The molecule has 0 bridgehead atoms. The predicted octanol–water partition coefficient (Wildman–Crippen LogP) is 5.54. The topological polar surface area (TPSA) is 22.1 Å². The van der Waals surface area contributed by atoms with Crippen molar-refractivity contribution in [1.82, 2.24) is 4.98 Å². The van der Waals surface area contributed by atoms with Crippen molar-refractivity contribution in [2.45, 2.75) is 13.5 Å². The first-order valence-electron chi connectivity index (χ1n) is 6.56. The Hall–Kier alpha value is -1.58. The van der Waals surface area contributed by atoms with Gasteiger partial charge in [-0.2, -0.15) is 0 Å². The Kier molecular flexibility index (Phi) is 4.13. The average Bonchev–Trinajstić information content (AvgIpc) is 2.47. The molecule has 0 saturated carbocycles. The number of ether oxygens (including phenoxy) is 1. The number of benzene rings is 2. The van der Waals surface area contributed by atoms with Crippen LogP contribution < -0.4 is 4.74 Å². The lowest BCUT2D eigenvalue weighted by Gasteiger charge is -2.11. The molecule has 0 spiro atoms. The van der Waals surface area contributed by atoms with Crippen LogP contribution in [0.2, 0.25) is 5.02 Å². The standard InChI is InChI=1S/C17H13BrClNO/c1-11-8-12(14-4-2-3-5-16(14)20-11)10-21-17-9-13(18)6-7-15(17)19/h2-9H,10H2,1H3. The van der Waals surface area contributed by atoms with Crippen LogP contribution in [0.3, 0.4) is 0 Å². The van der Waals surface area contributed by atoms with Crippen molar-refractivity contribution in [2.75, 3.05) is 0 Å². The Labute approximate surface area is 136 Å². The fraction of sp³-hybridized carbons (Fsp3) is 0.118. The van der Waals surface area contributed by atoms with Crippen LogP contribution in [0, 0.1) is 6.92 Å². The van der Waals surface area contributed by atoms with Gasteiger partial charge in [0.05, 0.1) is 10.5 Å². The van der Waals surface area contributed by atoms with Crippen LogP contribution in [0.25, 0.3) is 10.9 Å². The van der Waals surface area contributed by atoms with Gasteiger partial charge in [0.1, 0.15) is 12.4 Å². The van der Waals surface area contributed by atoms with Crippen LogP contribution >= 0.6 is 27.5 Å². The maximum atomic E-state index is 6.15.